The van der Waals surface area contributed by atoms with Gasteiger partial charge in [0, 0.05) is 37.6 Å². The quantitative estimate of drug-likeness (QED) is 0.501. The van der Waals surface area contributed by atoms with Crippen LogP contribution in [0.15, 0.2) is 24.4 Å². The molecule has 1 aromatic heterocycles. The summed E-state index contributed by atoms with van der Waals surface area (Å²) in [5, 5.41) is 10.5. The van der Waals surface area contributed by atoms with Crippen molar-refractivity contribution < 1.29 is 24.5 Å². The summed E-state index contributed by atoms with van der Waals surface area (Å²) in [5.74, 6) is -1.91. The van der Waals surface area contributed by atoms with Gasteiger partial charge < -0.3 is 10.1 Å². The number of aromatic hydroxyl groups is 1. The molecule has 8 heteroatoms. The molecule has 3 N–H and O–H groups in total. The predicted octanol–water partition coefficient (Wildman–Crippen LogP) is -0.766. The Morgan fingerprint density at radius 3 is 2.56 bits per heavy atom. The fourth-order valence-electron chi connectivity index (χ4n) is 2.86. The lowest BCUT2D eigenvalue weighted by atomic mass is 10.1. The Labute approximate surface area is 143 Å². The van der Waals surface area contributed by atoms with E-state index in [1.54, 1.807) is 18.2 Å². The second-order valence-corrected chi connectivity index (χ2v) is 5.97. The molecule has 8 nitrogen and oxygen atoms in total. The van der Waals surface area contributed by atoms with Crippen molar-refractivity contribution >= 4 is 35.0 Å². The van der Waals surface area contributed by atoms with Gasteiger partial charge in [-0.25, -0.2) is 4.79 Å². The maximum Gasteiger partial charge on any atom is 0.332 e. The summed E-state index contributed by atoms with van der Waals surface area (Å²) in [6.45, 7) is 0.501. The summed E-state index contributed by atoms with van der Waals surface area (Å²) in [6, 6.07) is 4.48. The van der Waals surface area contributed by atoms with Crippen LogP contribution in [0.4, 0.5) is 4.79 Å². The average Bonchev–Trinajstić information content (AvgIpc) is 3.00. The van der Waals surface area contributed by atoms with Crippen LogP contribution in [0.2, 0.25) is 0 Å². The van der Waals surface area contributed by atoms with Crippen molar-refractivity contribution in [3.63, 3.8) is 0 Å². The lowest BCUT2D eigenvalue weighted by Gasteiger charge is -2.30. The average molecular weight is 343 g/mol. The fraction of sp³-hybridized carbons (Fsp3) is 0.294. The van der Waals surface area contributed by atoms with E-state index in [4.69, 9.17) is 0 Å². The molecule has 1 saturated heterocycles. The van der Waals surface area contributed by atoms with Crippen LogP contribution in [0.25, 0.3) is 10.9 Å². The van der Waals surface area contributed by atoms with Gasteiger partial charge >= 0.3 is 6.03 Å². The van der Waals surface area contributed by atoms with E-state index in [2.05, 4.69) is 9.98 Å². The van der Waals surface area contributed by atoms with Crippen molar-refractivity contribution in [2.75, 3.05) is 20.6 Å². The van der Waals surface area contributed by atoms with E-state index in [-0.39, 0.29) is 5.75 Å². The third-order valence-corrected chi connectivity index (χ3v) is 4.34. The first-order valence-corrected chi connectivity index (χ1v) is 7.85. The van der Waals surface area contributed by atoms with Crippen molar-refractivity contribution in [3.8, 4) is 5.75 Å². The number of amides is 4. The minimum Gasteiger partial charge on any atom is -0.508 e. The highest BCUT2D eigenvalue weighted by molar-refractivity contribution is 6.22. The minimum atomic E-state index is -1.01. The van der Waals surface area contributed by atoms with Gasteiger partial charge in [0.05, 0.1) is 0 Å². The molecule has 2 heterocycles. The number of phenolic OH excluding ortho intramolecular Hbond substituents is 1. The van der Waals surface area contributed by atoms with E-state index in [1.165, 1.54) is 20.3 Å². The molecule has 1 aliphatic heterocycles. The van der Waals surface area contributed by atoms with Crippen LogP contribution in [0.3, 0.4) is 0 Å². The number of benzene rings is 1. The fourth-order valence-corrected chi connectivity index (χ4v) is 2.86. The number of rotatable bonds is 4. The highest BCUT2D eigenvalue weighted by atomic mass is 16.3. The summed E-state index contributed by atoms with van der Waals surface area (Å²) >= 11 is 0. The topological polar surface area (TPSA) is 108 Å². The molecule has 4 amide bonds. The van der Waals surface area contributed by atoms with Gasteiger partial charge in [0.1, 0.15) is 12.3 Å². The summed E-state index contributed by atoms with van der Waals surface area (Å²) in [6.07, 6.45) is 3.93. The second kappa shape index (κ2) is 6.39. The summed E-state index contributed by atoms with van der Waals surface area (Å²) < 4.78 is 0. The van der Waals surface area contributed by atoms with Crippen molar-refractivity contribution in [2.24, 2.45) is 5.92 Å². The zero-order valence-electron chi connectivity index (χ0n) is 13.9. The van der Waals surface area contributed by atoms with Gasteiger partial charge in [-0.2, -0.15) is 0 Å². The van der Waals surface area contributed by atoms with Crippen LogP contribution in [-0.2, 0) is 16.0 Å². The number of hydrogen-bond acceptors (Lipinski definition) is 4. The number of barbiturate groups is 1. The molecule has 0 atom stereocenters. The number of fused-ring (bicyclic) bond motifs is 1. The molecule has 25 heavy (non-hydrogen) atoms. The number of carbonyl (C=O) groups is 3. The van der Waals surface area contributed by atoms with E-state index in [9.17, 15) is 19.5 Å². The SMILES string of the molecule is CN1C(=O)C(C=[NH+]CCc2c[nH]c3ccc(O)cc23)C(=O)N(C)C1=O. The zero-order valence-corrected chi connectivity index (χ0v) is 13.9. The zero-order chi connectivity index (χ0) is 18.1. The molecule has 0 saturated carbocycles. The summed E-state index contributed by atoms with van der Waals surface area (Å²) in [4.78, 5) is 43.8. The van der Waals surface area contributed by atoms with Crippen LogP contribution in [0.5, 0.6) is 5.75 Å². The number of aromatic nitrogens is 1. The molecule has 1 fully saturated rings. The monoisotopic (exact) mass is 343 g/mol. The van der Waals surface area contributed by atoms with Crippen LogP contribution in [-0.4, -0.2) is 64.6 Å². The first kappa shape index (κ1) is 16.7. The molecule has 0 unspecified atom stereocenters. The molecule has 0 aliphatic carbocycles. The number of nitrogens with zero attached hydrogens (tertiary/aromatic N) is 2. The first-order chi connectivity index (χ1) is 11.9. The molecule has 130 valence electrons. The normalized spacial score (nSPS) is 16.6. The highest BCUT2D eigenvalue weighted by Gasteiger charge is 2.43. The number of carbonyl (C=O) groups excluding carboxylic acids is 3. The third kappa shape index (κ3) is 2.98. The number of urea groups is 1. The molecule has 3 rings (SSSR count). The predicted molar refractivity (Wildman–Crippen MR) is 90.0 cm³/mol. The van der Waals surface area contributed by atoms with E-state index in [0.29, 0.717) is 13.0 Å². The van der Waals surface area contributed by atoms with Crippen LogP contribution in [0.1, 0.15) is 5.56 Å². The molecule has 1 aliphatic rings. The lowest BCUT2D eigenvalue weighted by molar-refractivity contribution is -0.452. The van der Waals surface area contributed by atoms with Crippen LogP contribution >= 0.6 is 0 Å². The van der Waals surface area contributed by atoms with Gasteiger partial charge in [0.2, 0.25) is 0 Å². The van der Waals surface area contributed by atoms with E-state index in [0.717, 1.165) is 26.3 Å². The molecule has 0 spiro atoms. The molecule has 1 aromatic carbocycles. The van der Waals surface area contributed by atoms with Crippen molar-refractivity contribution in [2.45, 2.75) is 6.42 Å². The Morgan fingerprint density at radius 2 is 1.88 bits per heavy atom. The van der Waals surface area contributed by atoms with Gasteiger partial charge in [-0.1, -0.05) is 0 Å². The number of aromatic amines is 1. The van der Waals surface area contributed by atoms with Gasteiger partial charge in [0.25, 0.3) is 11.8 Å². The molecular weight excluding hydrogens is 324 g/mol. The van der Waals surface area contributed by atoms with Crippen molar-refractivity contribution in [1.29, 1.82) is 0 Å². The van der Waals surface area contributed by atoms with Gasteiger partial charge in [-0.15, -0.1) is 0 Å². The lowest BCUT2D eigenvalue weighted by Crippen LogP contribution is -2.73. The maximum absolute atomic E-state index is 12.1. The van der Waals surface area contributed by atoms with E-state index in [1.807, 2.05) is 6.20 Å². The maximum atomic E-state index is 12.1. The second-order valence-electron chi connectivity index (χ2n) is 5.97. The highest BCUT2D eigenvalue weighted by Crippen LogP contribution is 2.22. The van der Waals surface area contributed by atoms with Crippen LogP contribution in [0, 0.1) is 5.92 Å². The molecule has 2 aromatic rings. The first-order valence-electron chi connectivity index (χ1n) is 7.85. The largest absolute Gasteiger partial charge is 0.508 e. The Bertz CT molecular complexity index is 862. The Kier molecular flexibility index (Phi) is 4.26. The van der Waals surface area contributed by atoms with E-state index < -0.39 is 23.8 Å². The van der Waals surface area contributed by atoms with Gasteiger partial charge in [-0.05, 0) is 23.8 Å². The number of nitrogens with one attached hydrogen (secondary N) is 2. The molecular formula is C17H19N4O4+. The minimum absolute atomic E-state index is 0.196. The van der Waals surface area contributed by atoms with Gasteiger partial charge in [0.15, 0.2) is 12.1 Å². The summed E-state index contributed by atoms with van der Waals surface area (Å²) in [7, 11) is 2.71. The third-order valence-electron chi connectivity index (χ3n) is 4.34. The van der Waals surface area contributed by atoms with Gasteiger partial charge in [-0.3, -0.25) is 24.4 Å². The van der Waals surface area contributed by atoms with E-state index >= 15 is 0 Å². The van der Waals surface area contributed by atoms with Crippen LogP contribution < -0.4 is 4.99 Å². The molecule has 0 bridgehead atoms. The Morgan fingerprint density at radius 1 is 1.20 bits per heavy atom. The molecule has 0 radical (unpaired) electrons. The summed E-state index contributed by atoms with van der Waals surface area (Å²) in [5.41, 5.74) is 1.94. The Balaban J connectivity index is 1.68. The smallest absolute Gasteiger partial charge is 0.332 e. The number of phenols is 1. The van der Waals surface area contributed by atoms with Crippen molar-refractivity contribution in [3.05, 3.63) is 30.0 Å². The number of imide groups is 2. The Hall–Kier alpha value is -3.16. The number of H-pyrrole nitrogens is 1. The van der Waals surface area contributed by atoms with Crippen molar-refractivity contribution in [1.82, 2.24) is 14.8 Å². The number of hydrogen-bond donors (Lipinski definition) is 3. The standard InChI is InChI=1S/C17H18N4O4/c1-20-15(23)13(16(24)21(2)17(20)25)9-18-6-5-10-8-19-14-4-3-11(22)7-12(10)14/h3-4,7-9,13,19,22H,5-6H2,1-2H3/p+1.